The molecule has 0 radical (unpaired) electrons. The third-order valence-corrected chi connectivity index (χ3v) is 5.02. The quantitative estimate of drug-likeness (QED) is 0.885. The maximum atomic E-state index is 11.0. The first kappa shape index (κ1) is 14.0. The van der Waals surface area contributed by atoms with Gasteiger partial charge in [-0.3, -0.25) is 0 Å². The molecule has 0 aliphatic carbocycles. The highest BCUT2D eigenvalue weighted by molar-refractivity contribution is 7.17. The molecule has 19 heavy (non-hydrogen) atoms. The third-order valence-electron chi connectivity index (χ3n) is 2.62. The number of aryl methyl sites for hydroxylation is 2. The largest absolute Gasteiger partial charge is 0.477 e. The number of hydrogen-bond donors (Lipinski definition) is 2. The molecule has 0 aliphatic heterocycles. The zero-order valence-corrected chi connectivity index (χ0v) is 12.6. The number of thiazole rings is 2. The van der Waals surface area contributed by atoms with Gasteiger partial charge in [-0.25, -0.2) is 14.8 Å². The smallest absolute Gasteiger partial charge is 0.347 e. The van der Waals surface area contributed by atoms with Crippen LogP contribution in [0.2, 0.25) is 0 Å². The molecular formula is C12H15N3O2S2. The van der Waals surface area contributed by atoms with Crippen LogP contribution in [0, 0.1) is 6.92 Å². The SMILES string of the molecule is CCc1cnc(C(C)Nc2nc(C)c(C(=O)O)s2)s1. The molecule has 0 aromatic carbocycles. The van der Waals surface area contributed by atoms with Gasteiger partial charge in [0.2, 0.25) is 0 Å². The lowest BCUT2D eigenvalue weighted by atomic mass is 10.4. The van der Waals surface area contributed by atoms with E-state index < -0.39 is 5.97 Å². The fourth-order valence-electron chi connectivity index (χ4n) is 1.59. The Morgan fingerprint density at radius 2 is 2.26 bits per heavy atom. The Bertz CT molecular complexity index is 592. The minimum atomic E-state index is -0.932. The molecule has 1 atom stereocenters. The first-order chi connectivity index (χ1) is 9.01. The van der Waals surface area contributed by atoms with Crippen molar-refractivity contribution in [1.82, 2.24) is 9.97 Å². The van der Waals surface area contributed by atoms with Crippen LogP contribution in [0.5, 0.6) is 0 Å². The van der Waals surface area contributed by atoms with Crippen molar-refractivity contribution in [2.45, 2.75) is 33.2 Å². The van der Waals surface area contributed by atoms with E-state index in [0.717, 1.165) is 22.8 Å². The summed E-state index contributed by atoms with van der Waals surface area (Å²) in [6, 6.07) is 0.0255. The van der Waals surface area contributed by atoms with Gasteiger partial charge in [-0.2, -0.15) is 0 Å². The molecule has 0 amide bonds. The molecule has 0 aliphatic rings. The molecule has 2 rings (SSSR count). The van der Waals surface area contributed by atoms with Crippen molar-refractivity contribution in [3.63, 3.8) is 0 Å². The summed E-state index contributed by atoms with van der Waals surface area (Å²) in [7, 11) is 0. The molecule has 1 unspecified atom stereocenters. The molecule has 0 spiro atoms. The topological polar surface area (TPSA) is 75.1 Å². The van der Waals surface area contributed by atoms with Crippen molar-refractivity contribution in [1.29, 1.82) is 0 Å². The van der Waals surface area contributed by atoms with Crippen LogP contribution in [0.15, 0.2) is 6.20 Å². The van der Waals surface area contributed by atoms with Crippen molar-refractivity contribution >= 4 is 33.8 Å². The summed E-state index contributed by atoms with van der Waals surface area (Å²) in [5, 5.41) is 13.8. The molecule has 2 N–H and O–H groups in total. The van der Waals surface area contributed by atoms with Crippen molar-refractivity contribution < 1.29 is 9.90 Å². The lowest BCUT2D eigenvalue weighted by Crippen LogP contribution is -2.05. The van der Waals surface area contributed by atoms with Crippen molar-refractivity contribution in [3.8, 4) is 0 Å². The van der Waals surface area contributed by atoms with E-state index in [1.54, 1.807) is 18.3 Å². The van der Waals surface area contributed by atoms with E-state index in [2.05, 4.69) is 22.2 Å². The van der Waals surface area contributed by atoms with Gasteiger partial charge in [-0.1, -0.05) is 18.3 Å². The van der Waals surface area contributed by atoms with Gasteiger partial charge in [0, 0.05) is 11.1 Å². The van der Waals surface area contributed by atoms with Crippen molar-refractivity contribution in [3.05, 3.63) is 26.7 Å². The van der Waals surface area contributed by atoms with E-state index in [9.17, 15) is 4.79 Å². The number of nitrogens with one attached hydrogen (secondary N) is 1. The monoisotopic (exact) mass is 297 g/mol. The number of rotatable bonds is 5. The average Bonchev–Trinajstić information content (AvgIpc) is 2.95. The number of aromatic carboxylic acids is 1. The van der Waals surface area contributed by atoms with Crippen molar-refractivity contribution in [2.75, 3.05) is 5.32 Å². The molecule has 0 saturated heterocycles. The van der Waals surface area contributed by atoms with Crippen LogP contribution in [-0.2, 0) is 6.42 Å². The molecule has 7 heteroatoms. The van der Waals surface area contributed by atoms with E-state index in [1.807, 2.05) is 13.1 Å². The minimum absolute atomic E-state index is 0.0255. The predicted molar refractivity (Wildman–Crippen MR) is 77.3 cm³/mol. The van der Waals surface area contributed by atoms with Crippen molar-refractivity contribution in [2.24, 2.45) is 0 Å². The first-order valence-corrected chi connectivity index (χ1v) is 7.56. The second kappa shape index (κ2) is 5.66. The fourth-order valence-corrected chi connectivity index (χ4v) is 3.34. The fraction of sp³-hybridized carbons (Fsp3) is 0.417. The maximum Gasteiger partial charge on any atom is 0.347 e. The van der Waals surface area contributed by atoms with E-state index in [-0.39, 0.29) is 10.9 Å². The summed E-state index contributed by atoms with van der Waals surface area (Å²) in [4.78, 5) is 21.1. The Hall–Kier alpha value is -1.47. The lowest BCUT2D eigenvalue weighted by Gasteiger charge is -2.08. The lowest BCUT2D eigenvalue weighted by molar-refractivity contribution is 0.0701. The van der Waals surface area contributed by atoms with Gasteiger partial charge in [0.05, 0.1) is 11.7 Å². The van der Waals surface area contributed by atoms with Crippen LogP contribution in [-0.4, -0.2) is 21.0 Å². The number of carboxylic acids is 1. The average molecular weight is 297 g/mol. The molecule has 2 aromatic heterocycles. The Morgan fingerprint density at radius 3 is 2.79 bits per heavy atom. The van der Waals surface area contributed by atoms with Crippen LogP contribution < -0.4 is 5.32 Å². The van der Waals surface area contributed by atoms with Crippen LogP contribution in [0.25, 0.3) is 0 Å². The minimum Gasteiger partial charge on any atom is -0.477 e. The van der Waals surface area contributed by atoms with E-state index >= 15 is 0 Å². The molecule has 0 bridgehead atoms. The summed E-state index contributed by atoms with van der Waals surface area (Å²) in [6.07, 6.45) is 2.86. The van der Waals surface area contributed by atoms with Crippen LogP contribution in [0.1, 0.15) is 45.1 Å². The zero-order valence-electron chi connectivity index (χ0n) is 10.9. The normalized spacial score (nSPS) is 12.4. The number of aromatic nitrogens is 2. The second-order valence-electron chi connectivity index (χ2n) is 4.12. The second-order valence-corrected chi connectivity index (χ2v) is 6.27. The number of hydrogen-bond acceptors (Lipinski definition) is 6. The maximum absolute atomic E-state index is 11.0. The molecular weight excluding hydrogens is 282 g/mol. The van der Waals surface area contributed by atoms with E-state index in [4.69, 9.17) is 5.11 Å². The third kappa shape index (κ3) is 3.10. The van der Waals surface area contributed by atoms with Gasteiger partial charge in [0.15, 0.2) is 5.13 Å². The van der Waals surface area contributed by atoms with Gasteiger partial charge in [-0.15, -0.1) is 11.3 Å². The van der Waals surface area contributed by atoms with Gasteiger partial charge < -0.3 is 10.4 Å². The Labute approximate surface area is 119 Å². The Kier molecular flexibility index (Phi) is 4.16. The molecule has 5 nitrogen and oxygen atoms in total. The van der Waals surface area contributed by atoms with Gasteiger partial charge >= 0.3 is 5.97 Å². The summed E-state index contributed by atoms with van der Waals surface area (Å²) in [5.74, 6) is -0.932. The molecule has 0 fully saturated rings. The number of nitrogens with zero attached hydrogens (tertiary/aromatic N) is 2. The van der Waals surface area contributed by atoms with Crippen LogP contribution in [0.3, 0.4) is 0 Å². The Balaban J connectivity index is 2.12. The highest BCUT2D eigenvalue weighted by Crippen LogP contribution is 2.28. The number of carboxylic acid groups (broad SMARTS) is 1. The number of anilines is 1. The summed E-state index contributed by atoms with van der Waals surface area (Å²) in [5.41, 5.74) is 0.542. The molecule has 102 valence electrons. The number of carbonyl (C=O) groups is 1. The van der Waals surface area contributed by atoms with Gasteiger partial charge in [0.1, 0.15) is 9.88 Å². The summed E-state index contributed by atoms with van der Waals surface area (Å²) in [6.45, 7) is 5.79. The highest BCUT2D eigenvalue weighted by atomic mass is 32.1. The zero-order chi connectivity index (χ0) is 14.0. The van der Waals surface area contributed by atoms with Crippen LogP contribution >= 0.6 is 22.7 Å². The van der Waals surface area contributed by atoms with Crippen LogP contribution in [0.4, 0.5) is 5.13 Å². The van der Waals surface area contributed by atoms with Gasteiger partial charge in [0.25, 0.3) is 0 Å². The molecule has 0 saturated carbocycles. The summed E-state index contributed by atoms with van der Waals surface area (Å²) >= 11 is 2.82. The van der Waals surface area contributed by atoms with E-state index in [1.165, 1.54) is 4.88 Å². The van der Waals surface area contributed by atoms with Gasteiger partial charge in [-0.05, 0) is 20.3 Å². The molecule has 2 heterocycles. The molecule has 2 aromatic rings. The van der Waals surface area contributed by atoms with E-state index in [0.29, 0.717) is 10.8 Å². The Morgan fingerprint density at radius 1 is 1.53 bits per heavy atom. The first-order valence-electron chi connectivity index (χ1n) is 5.93. The summed E-state index contributed by atoms with van der Waals surface area (Å²) < 4.78 is 0. The predicted octanol–water partition coefficient (Wildman–Crippen LogP) is 3.34. The highest BCUT2D eigenvalue weighted by Gasteiger charge is 2.16. The standard InChI is InChI=1S/C12H15N3O2S2/c1-4-8-5-13-10(18-8)7(3)15-12-14-6(2)9(19-12)11(16)17/h5,7H,4H2,1-3H3,(H,14,15)(H,16,17).